The van der Waals surface area contributed by atoms with E-state index in [1.165, 1.54) is 0 Å². The highest BCUT2D eigenvalue weighted by Crippen LogP contribution is 1.81. The molecule has 0 amide bonds. The van der Waals surface area contributed by atoms with Crippen molar-refractivity contribution in [1.29, 1.82) is 0 Å². The summed E-state index contributed by atoms with van der Waals surface area (Å²) in [5.74, 6) is 0. The second-order valence-corrected chi connectivity index (χ2v) is 2.46. The molecule has 4 heteroatoms. The van der Waals surface area contributed by atoms with E-state index >= 15 is 0 Å². The zero-order chi connectivity index (χ0) is 10.2. The van der Waals surface area contributed by atoms with Crippen molar-refractivity contribution in [3.05, 3.63) is 0 Å². The van der Waals surface area contributed by atoms with Crippen LogP contribution in [0, 0.1) is 0 Å². The van der Waals surface area contributed by atoms with Crippen LogP contribution in [0.3, 0.4) is 0 Å². The molecule has 0 radical (unpaired) electrons. The second kappa shape index (κ2) is 2.28. The third kappa shape index (κ3) is 5.91. The van der Waals surface area contributed by atoms with E-state index in [-0.39, 0.29) is 0 Å². The summed E-state index contributed by atoms with van der Waals surface area (Å²) in [6, 6.07) is 0. The minimum absolute atomic E-state index is 0.580. The third-order valence-electron chi connectivity index (χ3n) is 0.193. The largest absolute Gasteiger partial charge is 0.271 e. The van der Waals surface area contributed by atoms with Gasteiger partial charge in [-0.05, 0) is 6.85 Å². The van der Waals surface area contributed by atoms with Crippen molar-refractivity contribution >= 4 is 10.1 Å². The Morgan fingerprint density at radius 3 is 2.71 bits per heavy atom. The Labute approximate surface area is 50.4 Å². The maximum atomic E-state index is 10.4. The lowest BCUT2D eigenvalue weighted by atomic mass is 10.9. The van der Waals surface area contributed by atoms with Crippen LogP contribution < -0.4 is 0 Å². The zero-order valence-electron chi connectivity index (χ0n) is 8.63. The second-order valence-electron chi connectivity index (χ2n) is 0.890. The highest BCUT2D eigenvalue weighted by Gasteiger charge is 1.94. The van der Waals surface area contributed by atoms with Gasteiger partial charge in [0.15, 0.2) is 0 Å². The molecule has 0 saturated heterocycles. The van der Waals surface area contributed by atoms with Crippen LogP contribution in [0.15, 0.2) is 0 Å². The maximum Gasteiger partial charge on any atom is 0.264 e. The monoisotopic (exact) mass is 129 g/mol. The van der Waals surface area contributed by atoms with E-state index in [9.17, 15) is 8.42 Å². The number of hydrogen-bond donors (Lipinski definition) is 0. The lowest BCUT2D eigenvalue weighted by molar-refractivity contribution is 0.342. The van der Waals surface area contributed by atoms with Crippen LogP contribution in [0.4, 0.5) is 0 Å². The van der Waals surface area contributed by atoms with Crippen LogP contribution in [0.25, 0.3) is 0 Å². The molecule has 0 saturated carbocycles. The van der Waals surface area contributed by atoms with Gasteiger partial charge in [0.25, 0.3) is 10.1 Å². The molecule has 0 unspecified atom stereocenters. The van der Waals surface area contributed by atoms with Gasteiger partial charge in [-0.1, -0.05) is 0 Å². The lowest BCUT2D eigenvalue weighted by Gasteiger charge is -1.90. The van der Waals surface area contributed by atoms with Gasteiger partial charge in [-0.25, -0.2) is 0 Å². The highest BCUT2D eigenvalue weighted by molar-refractivity contribution is 7.85. The van der Waals surface area contributed by atoms with Crippen LogP contribution in [0.5, 0.6) is 0 Å². The number of hydrogen-bond acceptors (Lipinski definition) is 3. The van der Waals surface area contributed by atoms with Crippen LogP contribution in [0.2, 0.25) is 0 Å². The summed E-state index contributed by atoms with van der Waals surface area (Å²) in [4.78, 5) is 0. The molecule has 3 nitrogen and oxygen atoms in total. The molecule has 0 aromatic carbocycles. The van der Waals surface area contributed by atoms with Crippen molar-refractivity contribution in [2.45, 2.75) is 6.85 Å². The Morgan fingerprint density at radius 2 is 2.57 bits per heavy atom. The van der Waals surface area contributed by atoms with Crippen molar-refractivity contribution in [2.75, 3.05) is 12.8 Å². The molecular weight excluding hydrogens is 116 g/mol. The Bertz CT molecular complexity index is 252. The molecule has 0 heterocycles. The van der Waals surface area contributed by atoms with Gasteiger partial charge in [-0.3, -0.25) is 4.18 Å². The Balaban J connectivity index is 4.67. The van der Waals surface area contributed by atoms with Crippen molar-refractivity contribution in [3.63, 3.8) is 0 Å². The number of rotatable bonds is 2. The van der Waals surface area contributed by atoms with E-state index in [4.69, 9.17) is 6.85 Å². The molecule has 0 atom stereocenters. The van der Waals surface area contributed by atoms with Gasteiger partial charge in [-0.2, -0.15) is 8.42 Å². The van der Waals surface area contributed by atoms with E-state index in [0.29, 0.717) is 6.26 Å². The summed E-state index contributed by atoms with van der Waals surface area (Å²) in [5, 5.41) is 0. The molecule has 0 aliphatic rings. The first-order valence-electron chi connectivity index (χ1n) is 3.86. The average Bonchev–Trinajstić information content (AvgIpc) is 1.52. The molecule has 0 bridgehead atoms. The zero-order valence-corrected chi connectivity index (χ0v) is 4.45. The summed E-state index contributed by atoms with van der Waals surface area (Å²) < 4.78 is 57.7. The highest BCUT2D eigenvalue weighted by atomic mass is 32.2. The smallest absolute Gasteiger partial charge is 0.264 e. The minimum atomic E-state index is -4.10. The predicted octanol–water partition coefficient (Wildman–Crippen LogP) is -0.0175. The SMILES string of the molecule is [2H]C([2H])([2H])C([2H])([2H])OS(C)(=O)=O. The predicted molar refractivity (Wildman–Crippen MR) is 26.5 cm³/mol. The molecule has 0 N–H and O–H groups in total. The molecule has 7 heavy (non-hydrogen) atoms. The third-order valence-corrected chi connectivity index (χ3v) is 0.579. The summed E-state index contributed by atoms with van der Waals surface area (Å²) >= 11 is 0. The quantitative estimate of drug-likeness (QED) is 0.492. The first kappa shape index (κ1) is 2.03. The summed E-state index contributed by atoms with van der Waals surface area (Å²) in [5.41, 5.74) is 0. The average molecular weight is 129 g/mol. The molecule has 0 aliphatic heterocycles. The molecular formula is C3H8O3S. The first-order chi connectivity index (χ1) is 4.96. The lowest BCUT2D eigenvalue weighted by Crippen LogP contribution is -2.00. The molecule has 0 rings (SSSR count). The fraction of sp³-hybridized carbons (Fsp3) is 1.00. The summed E-state index contributed by atoms with van der Waals surface area (Å²) in [6.45, 7) is -6.28. The summed E-state index contributed by atoms with van der Waals surface area (Å²) in [6.07, 6.45) is 0.580. The fourth-order valence-corrected chi connectivity index (χ4v) is 0.227. The Morgan fingerprint density at radius 1 is 2.00 bits per heavy atom. The van der Waals surface area contributed by atoms with Gasteiger partial charge in [0.1, 0.15) is 0 Å². The van der Waals surface area contributed by atoms with E-state index in [2.05, 4.69) is 4.18 Å². The van der Waals surface area contributed by atoms with E-state index < -0.39 is 23.5 Å². The molecule has 0 aromatic heterocycles. The molecule has 0 aromatic rings. The van der Waals surface area contributed by atoms with Gasteiger partial charge < -0.3 is 0 Å². The molecule has 0 spiro atoms. The molecule has 44 valence electrons. The molecule has 0 fully saturated rings. The van der Waals surface area contributed by atoms with Crippen molar-refractivity contribution in [3.8, 4) is 0 Å². The van der Waals surface area contributed by atoms with Crippen LogP contribution in [0.1, 0.15) is 13.7 Å². The fourth-order valence-electron chi connectivity index (χ4n) is 0.0757. The van der Waals surface area contributed by atoms with Crippen molar-refractivity contribution in [2.24, 2.45) is 0 Å². The van der Waals surface area contributed by atoms with Gasteiger partial charge >= 0.3 is 0 Å². The van der Waals surface area contributed by atoms with Gasteiger partial charge in [0.05, 0.1) is 15.6 Å². The van der Waals surface area contributed by atoms with Gasteiger partial charge in [0.2, 0.25) is 0 Å². The van der Waals surface area contributed by atoms with Crippen molar-refractivity contribution in [1.82, 2.24) is 0 Å². The maximum absolute atomic E-state index is 10.4. The van der Waals surface area contributed by atoms with Crippen LogP contribution in [-0.2, 0) is 14.3 Å². The Kier molecular flexibility index (Phi) is 0.660. The van der Waals surface area contributed by atoms with E-state index in [1.807, 2.05) is 0 Å². The first-order valence-corrected chi connectivity index (χ1v) is 3.18. The van der Waals surface area contributed by atoms with Gasteiger partial charge in [-0.15, -0.1) is 0 Å². The molecule has 0 aliphatic carbocycles. The minimum Gasteiger partial charge on any atom is -0.271 e. The standard InChI is InChI=1S/C3H8O3S/c1-3-6-7(2,4)5/h3H2,1-2H3/i1D3,3D2. The van der Waals surface area contributed by atoms with E-state index in [1.54, 1.807) is 0 Å². The topological polar surface area (TPSA) is 43.4 Å². The normalized spacial score (nSPS) is 26.1. The van der Waals surface area contributed by atoms with E-state index in [0.717, 1.165) is 0 Å². The van der Waals surface area contributed by atoms with Crippen molar-refractivity contribution < 1.29 is 19.5 Å². The Hall–Kier alpha value is -0.0900. The summed E-state index contributed by atoms with van der Waals surface area (Å²) in [7, 11) is -4.10. The van der Waals surface area contributed by atoms with Crippen LogP contribution in [-0.4, -0.2) is 21.2 Å². The van der Waals surface area contributed by atoms with Crippen LogP contribution >= 0.6 is 0 Å². The van der Waals surface area contributed by atoms with Gasteiger partial charge in [0, 0.05) is 4.11 Å².